The van der Waals surface area contributed by atoms with E-state index in [0.717, 1.165) is 33.8 Å². The Hall–Kier alpha value is -3.02. The van der Waals surface area contributed by atoms with E-state index in [1.807, 2.05) is 49.4 Å². The fourth-order valence-corrected chi connectivity index (χ4v) is 2.30. The normalized spacial score (nSPS) is 11.5. The standard InChI is InChI=1S/C17H18N4O2/c1-11(13-10-12(22-2)8-9-16(13)23-3)20-21-17-18-14-6-4-5-7-15(14)19-17/h4-10H,1-3H3,(H2,18,19,21). The van der Waals surface area contributed by atoms with E-state index in [0.29, 0.717) is 5.95 Å². The molecule has 0 unspecified atom stereocenters. The highest BCUT2D eigenvalue weighted by Gasteiger charge is 2.09. The van der Waals surface area contributed by atoms with Crippen molar-refractivity contribution in [1.82, 2.24) is 9.97 Å². The molecule has 0 aliphatic rings. The van der Waals surface area contributed by atoms with Crippen LogP contribution in [0.2, 0.25) is 0 Å². The van der Waals surface area contributed by atoms with Gasteiger partial charge in [0.1, 0.15) is 11.5 Å². The summed E-state index contributed by atoms with van der Waals surface area (Å²) < 4.78 is 10.6. The van der Waals surface area contributed by atoms with E-state index < -0.39 is 0 Å². The van der Waals surface area contributed by atoms with E-state index in [9.17, 15) is 0 Å². The van der Waals surface area contributed by atoms with Crippen LogP contribution in [0.1, 0.15) is 12.5 Å². The third-order valence-corrected chi connectivity index (χ3v) is 3.52. The van der Waals surface area contributed by atoms with Crippen molar-refractivity contribution in [2.24, 2.45) is 5.10 Å². The number of nitrogens with zero attached hydrogens (tertiary/aromatic N) is 2. The van der Waals surface area contributed by atoms with Gasteiger partial charge in [-0.15, -0.1) is 0 Å². The average molecular weight is 310 g/mol. The van der Waals surface area contributed by atoms with E-state index in [-0.39, 0.29) is 0 Å². The van der Waals surface area contributed by atoms with Gasteiger partial charge in [0.05, 0.1) is 31.0 Å². The minimum atomic E-state index is 0.590. The number of aromatic amines is 1. The Morgan fingerprint density at radius 3 is 2.70 bits per heavy atom. The SMILES string of the molecule is COc1ccc(OC)c(C(C)=NNc2nc3ccccc3[nH]2)c1. The summed E-state index contributed by atoms with van der Waals surface area (Å²) >= 11 is 0. The predicted octanol–water partition coefficient (Wildman–Crippen LogP) is 3.42. The number of aromatic nitrogens is 2. The zero-order valence-electron chi connectivity index (χ0n) is 13.3. The van der Waals surface area contributed by atoms with Gasteiger partial charge in [0.2, 0.25) is 5.95 Å². The van der Waals surface area contributed by atoms with Crippen molar-refractivity contribution in [2.75, 3.05) is 19.6 Å². The van der Waals surface area contributed by atoms with Gasteiger partial charge < -0.3 is 14.5 Å². The predicted molar refractivity (Wildman–Crippen MR) is 91.5 cm³/mol. The number of para-hydroxylation sites is 2. The molecular formula is C17H18N4O2. The summed E-state index contributed by atoms with van der Waals surface area (Å²) in [4.78, 5) is 7.59. The smallest absolute Gasteiger partial charge is 0.222 e. The number of H-pyrrole nitrogens is 1. The lowest BCUT2D eigenvalue weighted by Crippen LogP contribution is -2.03. The Balaban J connectivity index is 1.87. The number of benzene rings is 2. The van der Waals surface area contributed by atoms with Crippen molar-refractivity contribution in [1.29, 1.82) is 0 Å². The summed E-state index contributed by atoms with van der Waals surface area (Å²) in [5, 5.41) is 4.38. The first-order valence-corrected chi connectivity index (χ1v) is 7.18. The van der Waals surface area contributed by atoms with Crippen LogP contribution in [-0.2, 0) is 0 Å². The molecule has 0 aliphatic carbocycles. The first-order chi connectivity index (χ1) is 11.2. The molecule has 1 aromatic heterocycles. The molecule has 23 heavy (non-hydrogen) atoms. The zero-order chi connectivity index (χ0) is 16.2. The second-order valence-corrected chi connectivity index (χ2v) is 4.98. The minimum absolute atomic E-state index is 0.590. The van der Waals surface area contributed by atoms with E-state index in [2.05, 4.69) is 20.5 Å². The van der Waals surface area contributed by atoms with Crippen LogP contribution in [0.25, 0.3) is 11.0 Å². The number of rotatable bonds is 5. The van der Waals surface area contributed by atoms with Gasteiger partial charge in [-0.3, -0.25) is 0 Å². The molecule has 0 spiro atoms. The summed E-state index contributed by atoms with van der Waals surface area (Å²) in [5.74, 6) is 2.07. The summed E-state index contributed by atoms with van der Waals surface area (Å²) in [7, 11) is 3.26. The Kier molecular flexibility index (Phi) is 4.14. The van der Waals surface area contributed by atoms with Crippen molar-refractivity contribution in [3.8, 4) is 11.5 Å². The van der Waals surface area contributed by atoms with Gasteiger partial charge in [0.25, 0.3) is 0 Å². The van der Waals surface area contributed by atoms with E-state index in [1.165, 1.54) is 0 Å². The van der Waals surface area contributed by atoms with Gasteiger partial charge in [-0.1, -0.05) is 12.1 Å². The lowest BCUT2D eigenvalue weighted by Gasteiger charge is -2.10. The molecule has 6 nitrogen and oxygen atoms in total. The van der Waals surface area contributed by atoms with E-state index in [4.69, 9.17) is 9.47 Å². The molecule has 3 aromatic rings. The second-order valence-electron chi connectivity index (χ2n) is 4.98. The van der Waals surface area contributed by atoms with Crippen LogP contribution in [0, 0.1) is 0 Å². The molecule has 0 amide bonds. The van der Waals surface area contributed by atoms with Crippen molar-refractivity contribution in [3.63, 3.8) is 0 Å². The fourth-order valence-electron chi connectivity index (χ4n) is 2.30. The van der Waals surface area contributed by atoms with Crippen LogP contribution in [0.5, 0.6) is 11.5 Å². The van der Waals surface area contributed by atoms with Crippen LogP contribution in [0.3, 0.4) is 0 Å². The lowest BCUT2D eigenvalue weighted by atomic mass is 10.1. The monoisotopic (exact) mass is 310 g/mol. The zero-order valence-corrected chi connectivity index (χ0v) is 13.3. The van der Waals surface area contributed by atoms with Crippen molar-refractivity contribution >= 4 is 22.7 Å². The third kappa shape index (κ3) is 3.11. The number of ether oxygens (including phenoxy) is 2. The van der Waals surface area contributed by atoms with Crippen molar-refractivity contribution in [3.05, 3.63) is 48.0 Å². The van der Waals surface area contributed by atoms with Gasteiger partial charge >= 0.3 is 0 Å². The molecule has 0 bridgehead atoms. The van der Waals surface area contributed by atoms with Crippen molar-refractivity contribution in [2.45, 2.75) is 6.92 Å². The maximum Gasteiger partial charge on any atom is 0.222 e. The number of nitrogens with one attached hydrogen (secondary N) is 2. The van der Waals surface area contributed by atoms with Gasteiger partial charge in [0.15, 0.2) is 0 Å². The molecule has 0 fully saturated rings. The van der Waals surface area contributed by atoms with Crippen LogP contribution in [-0.4, -0.2) is 29.9 Å². The van der Waals surface area contributed by atoms with Gasteiger partial charge in [-0.2, -0.15) is 5.10 Å². The Labute approximate surface area is 134 Å². The molecular weight excluding hydrogens is 292 g/mol. The molecule has 3 rings (SSSR count). The third-order valence-electron chi connectivity index (χ3n) is 3.52. The van der Waals surface area contributed by atoms with E-state index in [1.54, 1.807) is 14.2 Å². The Morgan fingerprint density at radius 2 is 1.96 bits per heavy atom. The second kappa shape index (κ2) is 6.39. The molecule has 1 heterocycles. The molecule has 0 atom stereocenters. The molecule has 2 aromatic carbocycles. The number of fused-ring (bicyclic) bond motifs is 1. The topological polar surface area (TPSA) is 71.5 Å². The van der Waals surface area contributed by atoms with Crippen LogP contribution in [0.4, 0.5) is 5.95 Å². The Bertz CT molecular complexity index is 822. The van der Waals surface area contributed by atoms with Crippen LogP contribution >= 0.6 is 0 Å². The quantitative estimate of drug-likeness (QED) is 0.559. The molecule has 0 aliphatic heterocycles. The van der Waals surface area contributed by atoms with E-state index >= 15 is 0 Å². The molecule has 6 heteroatoms. The molecule has 2 N–H and O–H groups in total. The van der Waals surface area contributed by atoms with Gasteiger partial charge in [-0.05, 0) is 37.3 Å². The number of hydrazone groups is 1. The summed E-state index contributed by atoms with van der Waals surface area (Å²) in [6.07, 6.45) is 0. The minimum Gasteiger partial charge on any atom is -0.497 e. The van der Waals surface area contributed by atoms with Gasteiger partial charge in [0, 0.05) is 5.56 Å². The number of hydrogen-bond acceptors (Lipinski definition) is 5. The maximum absolute atomic E-state index is 5.38. The highest BCUT2D eigenvalue weighted by Crippen LogP contribution is 2.24. The number of anilines is 1. The van der Waals surface area contributed by atoms with Crippen LogP contribution < -0.4 is 14.9 Å². The highest BCUT2D eigenvalue weighted by molar-refractivity contribution is 6.01. The number of imidazole rings is 1. The lowest BCUT2D eigenvalue weighted by molar-refractivity contribution is 0.402. The number of hydrogen-bond donors (Lipinski definition) is 2. The summed E-state index contributed by atoms with van der Waals surface area (Å²) in [6.45, 7) is 1.90. The first kappa shape index (κ1) is 14.9. The average Bonchev–Trinajstić information content (AvgIpc) is 3.02. The fraction of sp³-hybridized carbons (Fsp3) is 0.176. The van der Waals surface area contributed by atoms with Gasteiger partial charge in [-0.25, -0.2) is 10.4 Å². The number of methoxy groups -OCH3 is 2. The van der Waals surface area contributed by atoms with Crippen LogP contribution in [0.15, 0.2) is 47.6 Å². The Morgan fingerprint density at radius 1 is 1.13 bits per heavy atom. The summed E-state index contributed by atoms with van der Waals surface area (Å²) in [6, 6.07) is 13.4. The molecule has 118 valence electrons. The molecule has 0 saturated heterocycles. The first-order valence-electron chi connectivity index (χ1n) is 7.18. The highest BCUT2D eigenvalue weighted by atomic mass is 16.5. The molecule has 0 radical (unpaired) electrons. The van der Waals surface area contributed by atoms with Crippen molar-refractivity contribution < 1.29 is 9.47 Å². The molecule has 0 saturated carbocycles. The maximum atomic E-state index is 5.38. The largest absolute Gasteiger partial charge is 0.497 e. The summed E-state index contributed by atoms with van der Waals surface area (Å²) in [5.41, 5.74) is 6.42.